The molecule has 0 aromatic heterocycles. The van der Waals surface area contributed by atoms with Crippen molar-refractivity contribution in [2.45, 2.75) is 20.1 Å². The van der Waals surface area contributed by atoms with Crippen LogP contribution in [0, 0.1) is 0 Å². The normalized spacial score (nSPS) is 16.5. The first-order valence-corrected chi connectivity index (χ1v) is 8.75. The van der Waals surface area contributed by atoms with Crippen molar-refractivity contribution in [1.29, 1.82) is 0 Å². The van der Waals surface area contributed by atoms with Gasteiger partial charge in [0.15, 0.2) is 9.84 Å². The summed E-state index contributed by atoms with van der Waals surface area (Å²) in [5, 5.41) is 8.53. The minimum absolute atomic E-state index is 0.222. The van der Waals surface area contributed by atoms with Gasteiger partial charge in [0.05, 0.1) is 28.4 Å². The Hall–Kier alpha value is -0.000390. The molecule has 1 atom stereocenters. The number of halogens is 1. The van der Waals surface area contributed by atoms with Gasteiger partial charge in [0.2, 0.25) is 0 Å². The van der Waals surface area contributed by atoms with Crippen LogP contribution in [0.2, 0.25) is 5.11 Å². The maximum absolute atomic E-state index is 13.1. The van der Waals surface area contributed by atoms with Gasteiger partial charge in [0.25, 0.3) is 0 Å². The van der Waals surface area contributed by atoms with Crippen LogP contribution in [0.25, 0.3) is 0 Å². The molecule has 0 amide bonds. The van der Waals surface area contributed by atoms with Crippen LogP contribution in [-0.2, 0) is 9.84 Å². The molecule has 0 fully saturated rings. The van der Waals surface area contributed by atoms with Crippen LogP contribution >= 0.6 is 15.9 Å². The Morgan fingerprint density at radius 1 is 0.950 bits per heavy atom. The van der Waals surface area contributed by atoms with Gasteiger partial charge in [-0.25, -0.2) is 8.42 Å². The fourth-order valence-corrected chi connectivity index (χ4v) is 5.19. The maximum atomic E-state index is 13.1. The van der Waals surface area contributed by atoms with E-state index < -0.39 is 25.0 Å². The van der Waals surface area contributed by atoms with Crippen LogP contribution in [0.1, 0.15) is 0 Å². The Morgan fingerprint density at radius 2 is 1.35 bits per heavy atom. The van der Waals surface area contributed by atoms with Gasteiger partial charge in [-0.2, -0.15) is 0 Å². The van der Waals surface area contributed by atoms with E-state index in [2.05, 4.69) is 15.9 Å². The van der Waals surface area contributed by atoms with Gasteiger partial charge in [0.1, 0.15) is 23.5 Å². The van der Waals surface area contributed by atoms with Crippen molar-refractivity contribution >= 4 is 72.8 Å². The number of hydrogen-bond acceptors (Lipinski definition) is 3. The summed E-state index contributed by atoms with van der Waals surface area (Å²) in [6.07, 6.45) is 0. The summed E-state index contributed by atoms with van der Waals surface area (Å²) in [7, 11) is 6.52. The third-order valence-electron chi connectivity index (χ3n) is 4.26. The predicted octanol–water partition coefficient (Wildman–Crippen LogP) is -4.56. The van der Waals surface area contributed by atoms with Crippen molar-refractivity contribution in [3.05, 3.63) is 28.7 Å². The highest BCUT2D eigenvalue weighted by Gasteiger charge is 2.56. The minimum atomic E-state index is -3.70. The van der Waals surface area contributed by atoms with E-state index in [-0.39, 0.29) is 4.90 Å². The summed E-state index contributed by atoms with van der Waals surface area (Å²) >= 11 is 3.30. The topological polar surface area (TPSA) is 54.4 Å². The van der Waals surface area contributed by atoms with Gasteiger partial charge in [-0.1, -0.05) is 21.0 Å². The van der Waals surface area contributed by atoms with E-state index in [4.69, 9.17) is 0 Å². The van der Waals surface area contributed by atoms with E-state index in [0.717, 1.165) is 4.47 Å². The van der Waals surface area contributed by atoms with Crippen molar-refractivity contribution < 1.29 is 13.5 Å². The second-order valence-electron chi connectivity index (χ2n) is 6.80. The summed E-state index contributed by atoms with van der Waals surface area (Å²) < 4.78 is 25.7. The van der Waals surface area contributed by atoms with E-state index in [0.29, 0.717) is 0 Å². The molecule has 102 valence electrons. The number of rotatable bonds is 4. The highest BCUT2D eigenvalue weighted by atomic mass is 79.9. The van der Waals surface area contributed by atoms with Gasteiger partial charge < -0.3 is 5.11 Å². The molecule has 11 heteroatoms. The van der Waals surface area contributed by atoms with Crippen molar-refractivity contribution in [2.24, 2.45) is 0 Å². The first kappa shape index (κ1) is 18.0. The molecule has 1 aromatic rings. The van der Waals surface area contributed by atoms with Crippen molar-refractivity contribution in [1.82, 2.24) is 0 Å². The number of aliphatic hydroxyl groups is 1. The Balaban J connectivity index is 3.61. The Morgan fingerprint density at radius 3 is 1.65 bits per heavy atom. The van der Waals surface area contributed by atoms with Crippen molar-refractivity contribution in [3.8, 4) is 0 Å². The summed E-state index contributed by atoms with van der Waals surface area (Å²) in [4.78, 5) is 0.222. The fraction of sp³-hybridized carbons (Fsp3) is 0.333. The highest BCUT2D eigenvalue weighted by molar-refractivity contribution is 9.10. The molecule has 0 aliphatic heterocycles. The predicted molar refractivity (Wildman–Crippen MR) is 103 cm³/mol. The average molecular weight is 350 g/mol. The molecule has 1 aromatic carbocycles. The molecule has 0 aliphatic carbocycles. The fourth-order valence-electron chi connectivity index (χ4n) is 2.50. The lowest BCUT2D eigenvalue weighted by Crippen LogP contribution is -2.67. The largest absolute Gasteiger partial charge is 0.407 e. The Bertz CT molecular complexity index is 576. The van der Waals surface area contributed by atoms with E-state index in [9.17, 15) is 13.5 Å². The summed E-state index contributed by atoms with van der Waals surface area (Å²) in [6, 6.07) is 6.52. The van der Waals surface area contributed by atoms with Crippen LogP contribution < -0.4 is 0 Å². The first-order chi connectivity index (χ1) is 8.75. The van der Waals surface area contributed by atoms with E-state index in [1.807, 2.05) is 23.5 Å². The summed E-state index contributed by atoms with van der Waals surface area (Å²) in [6.45, 7) is 0. The highest BCUT2D eigenvalue weighted by Crippen LogP contribution is 2.43. The number of benzene rings is 1. The van der Waals surface area contributed by atoms with Crippen LogP contribution in [-0.4, -0.2) is 70.6 Å². The minimum Gasteiger partial charge on any atom is -0.407 e. The van der Waals surface area contributed by atoms with Crippen LogP contribution in [0.4, 0.5) is 0 Å². The van der Waals surface area contributed by atoms with Gasteiger partial charge in [-0.15, -0.1) is 0 Å². The monoisotopic (exact) mass is 350 g/mol. The molecule has 0 bridgehead atoms. The quantitative estimate of drug-likeness (QED) is 0.557. The summed E-state index contributed by atoms with van der Waals surface area (Å²) in [5.41, 5.74) is 0. The van der Waals surface area contributed by atoms with Gasteiger partial charge in [-0.3, -0.25) is 0 Å². The summed E-state index contributed by atoms with van der Waals surface area (Å²) in [5.74, 6) is 0. The van der Waals surface area contributed by atoms with E-state index in [1.165, 1.54) is 0 Å². The molecule has 0 spiro atoms. The van der Waals surface area contributed by atoms with Crippen molar-refractivity contribution in [2.75, 3.05) is 0 Å². The average Bonchev–Trinajstić information content (AvgIpc) is 2.25. The zero-order chi connectivity index (χ0) is 16.0. The van der Waals surface area contributed by atoms with Gasteiger partial charge in [0, 0.05) is 14.5 Å². The lowest BCUT2D eigenvalue weighted by molar-refractivity contribution is 0.191. The Kier molecular flexibility index (Phi) is 4.81. The molecule has 0 aliphatic rings. The van der Waals surface area contributed by atoms with Gasteiger partial charge in [-0.05, 0) is 24.3 Å². The molecule has 0 heterocycles. The molecule has 0 radical (unpaired) electrons. The molecule has 3 nitrogen and oxygen atoms in total. The third-order valence-corrected chi connectivity index (χ3v) is 7.87. The van der Waals surface area contributed by atoms with Crippen LogP contribution in [0.15, 0.2) is 33.6 Å². The zero-order valence-corrected chi connectivity index (χ0v) is 15.3. The second-order valence-corrected chi connectivity index (χ2v) is 10.0. The maximum Gasteiger partial charge on any atom is 0.176 e. The van der Waals surface area contributed by atoms with Gasteiger partial charge >= 0.3 is 0 Å². The second kappa shape index (κ2) is 5.33. The van der Waals surface area contributed by atoms with E-state index >= 15 is 0 Å². The molecule has 1 N–H and O–H groups in total. The number of hydrogen-bond donors (Lipinski definition) is 1. The molecule has 1 unspecified atom stereocenters. The number of sulfone groups is 1. The molecule has 20 heavy (non-hydrogen) atoms. The van der Waals surface area contributed by atoms with Crippen molar-refractivity contribution in [3.63, 3.8) is 0 Å². The van der Waals surface area contributed by atoms with Crippen LogP contribution in [0.5, 0.6) is 0 Å². The Labute approximate surface area is 135 Å². The molecule has 0 saturated carbocycles. The molecular weight excluding hydrogens is 333 g/mol. The molecule has 1 rings (SSSR count). The lowest BCUT2D eigenvalue weighted by atomic mass is 9.27. The lowest BCUT2D eigenvalue weighted by Gasteiger charge is -2.50. The zero-order valence-electron chi connectivity index (χ0n) is 12.9. The smallest absolute Gasteiger partial charge is 0.176 e. The van der Waals surface area contributed by atoms with E-state index in [1.54, 1.807) is 47.8 Å². The SMILES string of the molecule is BC(B)(B)C(B)(C(B)(B)O)S(=O)(=O)c1ccc(Br)cc1. The molecular formula is C9H17B6BrO3S. The standard InChI is InChI=1S/C9H17B6BrO3S/c10-7(8(11,12)13,9(14,15)17)20(18,19)6-3-1-5(16)2-4-6/h1-4,17H,10-15H2. The molecule has 0 saturated heterocycles. The first-order valence-electron chi connectivity index (χ1n) is 6.48. The van der Waals surface area contributed by atoms with Crippen LogP contribution in [0.3, 0.4) is 0 Å². The third kappa shape index (κ3) is 2.81.